The molecule has 0 aromatic heterocycles. The first-order valence-electron chi connectivity index (χ1n) is 5.55. The molecule has 0 rings (SSSR count). The molecule has 0 spiro atoms. The second-order valence-corrected chi connectivity index (χ2v) is 4.06. The molecule has 0 aliphatic heterocycles. The highest BCUT2D eigenvalue weighted by Gasteiger charge is 2.10. The standard InChI is InChI=1S/C11H24ClNO/c1-4-13(11(2)10-14-3)9-7-5-6-8-12/h11H,4-10H2,1-3H3. The third-order valence-electron chi connectivity index (χ3n) is 2.52. The molecular formula is C11H24ClNO. The summed E-state index contributed by atoms with van der Waals surface area (Å²) in [6.45, 7) is 7.51. The number of ether oxygens (including phenoxy) is 1. The Morgan fingerprint density at radius 1 is 1.29 bits per heavy atom. The van der Waals surface area contributed by atoms with E-state index in [-0.39, 0.29) is 0 Å². The second kappa shape index (κ2) is 9.75. The van der Waals surface area contributed by atoms with E-state index in [2.05, 4.69) is 18.7 Å². The van der Waals surface area contributed by atoms with Gasteiger partial charge in [0.25, 0.3) is 0 Å². The molecule has 0 N–H and O–H groups in total. The molecule has 1 unspecified atom stereocenters. The summed E-state index contributed by atoms with van der Waals surface area (Å²) in [4.78, 5) is 2.46. The third kappa shape index (κ3) is 6.63. The van der Waals surface area contributed by atoms with Gasteiger partial charge in [0.05, 0.1) is 6.61 Å². The maximum atomic E-state index is 5.63. The molecule has 0 aromatic rings. The first kappa shape index (κ1) is 14.2. The van der Waals surface area contributed by atoms with Crippen LogP contribution in [0.2, 0.25) is 0 Å². The first-order valence-corrected chi connectivity index (χ1v) is 6.08. The minimum Gasteiger partial charge on any atom is -0.383 e. The SMILES string of the molecule is CCN(CCCCCCl)C(C)COC. The first-order chi connectivity index (χ1) is 6.76. The lowest BCUT2D eigenvalue weighted by Gasteiger charge is -2.27. The summed E-state index contributed by atoms with van der Waals surface area (Å²) in [6.07, 6.45) is 3.62. The van der Waals surface area contributed by atoms with Gasteiger partial charge in [-0.3, -0.25) is 4.90 Å². The van der Waals surface area contributed by atoms with Crippen LogP contribution in [0.5, 0.6) is 0 Å². The second-order valence-electron chi connectivity index (χ2n) is 3.68. The van der Waals surface area contributed by atoms with Crippen molar-refractivity contribution in [1.29, 1.82) is 0 Å². The van der Waals surface area contributed by atoms with E-state index >= 15 is 0 Å². The predicted octanol–water partition coefficient (Wildman–Crippen LogP) is 2.75. The summed E-state index contributed by atoms with van der Waals surface area (Å²) in [5.41, 5.74) is 0. The molecule has 0 aliphatic carbocycles. The van der Waals surface area contributed by atoms with E-state index in [0.717, 1.165) is 32.0 Å². The van der Waals surface area contributed by atoms with Crippen LogP contribution in [0.3, 0.4) is 0 Å². The Kier molecular flexibility index (Phi) is 9.90. The molecule has 0 amide bonds. The van der Waals surface area contributed by atoms with Gasteiger partial charge in [-0.15, -0.1) is 11.6 Å². The van der Waals surface area contributed by atoms with Gasteiger partial charge in [0.2, 0.25) is 0 Å². The van der Waals surface area contributed by atoms with E-state index in [1.807, 2.05) is 0 Å². The van der Waals surface area contributed by atoms with Crippen molar-refractivity contribution < 1.29 is 4.74 Å². The number of hydrogen-bond donors (Lipinski definition) is 0. The molecule has 0 saturated carbocycles. The van der Waals surface area contributed by atoms with Gasteiger partial charge in [0.1, 0.15) is 0 Å². The Bertz CT molecular complexity index is 122. The van der Waals surface area contributed by atoms with Gasteiger partial charge >= 0.3 is 0 Å². The fourth-order valence-electron chi connectivity index (χ4n) is 1.62. The van der Waals surface area contributed by atoms with Gasteiger partial charge in [0, 0.05) is 19.0 Å². The van der Waals surface area contributed by atoms with Crippen molar-refractivity contribution >= 4 is 11.6 Å². The Morgan fingerprint density at radius 2 is 2.00 bits per heavy atom. The van der Waals surface area contributed by atoms with Crippen LogP contribution in [0.4, 0.5) is 0 Å². The van der Waals surface area contributed by atoms with Gasteiger partial charge in [-0.25, -0.2) is 0 Å². The lowest BCUT2D eigenvalue weighted by atomic mass is 10.2. The number of rotatable bonds is 9. The Labute approximate surface area is 93.6 Å². The van der Waals surface area contributed by atoms with Crippen LogP contribution in [0, 0.1) is 0 Å². The Hall–Kier alpha value is 0.210. The van der Waals surface area contributed by atoms with Gasteiger partial charge < -0.3 is 4.74 Å². The van der Waals surface area contributed by atoms with E-state index < -0.39 is 0 Å². The fourth-order valence-corrected chi connectivity index (χ4v) is 1.81. The van der Waals surface area contributed by atoms with Crippen LogP contribution >= 0.6 is 11.6 Å². The number of likely N-dealkylation sites (N-methyl/N-ethyl adjacent to an activating group) is 1. The molecule has 3 heteroatoms. The van der Waals surface area contributed by atoms with Crippen LogP contribution in [0.15, 0.2) is 0 Å². The lowest BCUT2D eigenvalue weighted by Crippen LogP contribution is -2.36. The number of alkyl halides is 1. The predicted molar refractivity (Wildman–Crippen MR) is 63.2 cm³/mol. The zero-order valence-corrected chi connectivity index (χ0v) is 10.5. The molecular weight excluding hydrogens is 198 g/mol. The van der Waals surface area contributed by atoms with Gasteiger partial charge in [0.15, 0.2) is 0 Å². The summed E-state index contributed by atoms with van der Waals surface area (Å²) >= 11 is 5.63. The molecule has 0 radical (unpaired) electrons. The number of halogens is 1. The van der Waals surface area contributed by atoms with Gasteiger partial charge in [-0.2, -0.15) is 0 Å². The van der Waals surface area contributed by atoms with E-state index in [0.29, 0.717) is 6.04 Å². The molecule has 0 heterocycles. The highest BCUT2D eigenvalue weighted by Crippen LogP contribution is 2.04. The lowest BCUT2D eigenvalue weighted by molar-refractivity contribution is 0.101. The third-order valence-corrected chi connectivity index (χ3v) is 2.78. The minimum atomic E-state index is 0.529. The molecule has 0 saturated heterocycles. The van der Waals surface area contributed by atoms with Crippen LogP contribution < -0.4 is 0 Å². The summed E-state index contributed by atoms with van der Waals surface area (Å²) in [7, 11) is 1.76. The van der Waals surface area contributed by atoms with Crippen molar-refractivity contribution in [3.8, 4) is 0 Å². The summed E-state index contributed by atoms with van der Waals surface area (Å²) < 4.78 is 5.15. The normalized spacial score (nSPS) is 13.5. The fraction of sp³-hybridized carbons (Fsp3) is 1.00. The molecule has 0 fully saturated rings. The molecule has 86 valence electrons. The number of nitrogens with zero attached hydrogens (tertiary/aromatic N) is 1. The summed E-state index contributed by atoms with van der Waals surface area (Å²) in [6, 6.07) is 0.529. The van der Waals surface area contributed by atoms with E-state index in [4.69, 9.17) is 16.3 Å². The maximum Gasteiger partial charge on any atom is 0.0615 e. The quantitative estimate of drug-likeness (QED) is 0.439. The monoisotopic (exact) mass is 221 g/mol. The Morgan fingerprint density at radius 3 is 2.50 bits per heavy atom. The van der Waals surface area contributed by atoms with Crippen LogP contribution in [0.1, 0.15) is 33.1 Å². The maximum absolute atomic E-state index is 5.63. The number of hydrogen-bond acceptors (Lipinski definition) is 2. The van der Waals surface area contributed by atoms with Crippen LogP contribution in [-0.2, 0) is 4.74 Å². The van der Waals surface area contributed by atoms with Crippen molar-refractivity contribution in [3.05, 3.63) is 0 Å². The van der Waals surface area contributed by atoms with Crippen molar-refractivity contribution in [2.75, 3.05) is 32.7 Å². The van der Waals surface area contributed by atoms with Crippen molar-refractivity contribution in [3.63, 3.8) is 0 Å². The average Bonchev–Trinajstić information content (AvgIpc) is 2.18. The highest BCUT2D eigenvalue weighted by molar-refractivity contribution is 6.17. The van der Waals surface area contributed by atoms with Crippen molar-refractivity contribution in [1.82, 2.24) is 4.90 Å². The smallest absolute Gasteiger partial charge is 0.0615 e. The average molecular weight is 222 g/mol. The van der Waals surface area contributed by atoms with Crippen molar-refractivity contribution in [2.24, 2.45) is 0 Å². The highest BCUT2D eigenvalue weighted by atomic mass is 35.5. The summed E-state index contributed by atoms with van der Waals surface area (Å²) in [5.74, 6) is 0.791. The molecule has 2 nitrogen and oxygen atoms in total. The van der Waals surface area contributed by atoms with Crippen LogP contribution in [-0.4, -0.2) is 43.6 Å². The zero-order valence-electron chi connectivity index (χ0n) is 9.76. The van der Waals surface area contributed by atoms with Gasteiger partial charge in [-0.1, -0.05) is 13.3 Å². The summed E-state index contributed by atoms with van der Waals surface area (Å²) in [5, 5.41) is 0. The van der Waals surface area contributed by atoms with Gasteiger partial charge in [-0.05, 0) is 32.9 Å². The van der Waals surface area contributed by atoms with E-state index in [1.54, 1.807) is 7.11 Å². The molecule has 0 bridgehead atoms. The van der Waals surface area contributed by atoms with E-state index in [1.165, 1.54) is 12.8 Å². The minimum absolute atomic E-state index is 0.529. The topological polar surface area (TPSA) is 12.5 Å². The largest absolute Gasteiger partial charge is 0.383 e. The van der Waals surface area contributed by atoms with Crippen molar-refractivity contribution in [2.45, 2.75) is 39.2 Å². The van der Waals surface area contributed by atoms with Crippen LogP contribution in [0.25, 0.3) is 0 Å². The number of methoxy groups -OCH3 is 1. The zero-order chi connectivity index (χ0) is 10.8. The van der Waals surface area contributed by atoms with E-state index in [9.17, 15) is 0 Å². The number of unbranched alkanes of at least 4 members (excludes halogenated alkanes) is 2. The molecule has 0 aromatic carbocycles. The molecule has 0 aliphatic rings. The molecule has 14 heavy (non-hydrogen) atoms. The molecule has 1 atom stereocenters. The Balaban J connectivity index is 3.56.